The molecule has 0 fully saturated rings. The maximum absolute atomic E-state index is 13.0. The smallest absolute Gasteiger partial charge is 0.305 e. The molecule has 10 nitrogen and oxygen atoms in total. The van der Waals surface area contributed by atoms with Crippen molar-refractivity contribution in [3.05, 3.63) is 0 Å². The number of amides is 1. The van der Waals surface area contributed by atoms with Gasteiger partial charge in [-0.3, -0.25) is 19.2 Å². The number of hydrogen-bond acceptors (Lipinski definition) is 8. The van der Waals surface area contributed by atoms with E-state index in [1.165, 1.54) is 62.7 Å². The first-order chi connectivity index (χ1) is 22.8. The molecule has 0 saturated heterocycles. The summed E-state index contributed by atoms with van der Waals surface area (Å²) in [6, 6.07) is -0.696. The van der Waals surface area contributed by atoms with Crippen LogP contribution >= 0.6 is 24.8 Å². The van der Waals surface area contributed by atoms with Crippen molar-refractivity contribution in [2.24, 2.45) is 11.5 Å². The summed E-state index contributed by atoms with van der Waals surface area (Å²) in [6.45, 7) is 3.26. The molecule has 49 heavy (non-hydrogen) atoms. The second kappa shape index (κ2) is 39.2. The van der Waals surface area contributed by atoms with Gasteiger partial charge in [0.25, 0.3) is 0 Å². The van der Waals surface area contributed by atoms with Crippen LogP contribution in [0.2, 0.25) is 0 Å². The van der Waals surface area contributed by atoms with E-state index in [0.29, 0.717) is 32.2 Å². The number of halogens is 2. The minimum absolute atomic E-state index is 0. The summed E-state index contributed by atoms with van der Waals surface area (Å²) in [5.41, 5.74) is 11.7. The van der Waals surface area contributed by atoms with Crippen LogP contribution in [-0.2, 0) is 28.7 Å². The van der Waals surface area contributed by atoms with Gasteiger partial charge in [0.2, 0.25) is 5.91 Å². The summed E-state index contributed by atoms with van der Waals surface area (Å²) in [5, 5.41) is 8.66. The second-order valence-electron chi connectivity index (χ2n) is 13.0. The quantitative estimate of drug-likeness (QED) is 0.0429. The number of carbonyl (C=O) groups is 4. The van der Waals surface area contributed by atoms with E-state index in [1.807, 2.05) is 0 Å². The van der Waals surface area contributed by atoms with Crippen LogP contribution in [0.25, 0.3) is 0 Å². The van der Waals surface area contributed by atoms with E-state index in [2.05, 4.69) is 6.92 Å². The van der Waals surface area contributed by atoms with Gasteiger partial charge in [-0.2, -0.15) is 0 Å². The molecule has 0 aromatic heterocycles. The summed E-state index contributed by atoms with van der Waals surface area (Å²) in [4.78, 5) is 49.5. The van der Waals surface area contributed by atoms with Gasteiger partial charge in [0, 0.05) is 19.3 Å². The Bertz CT molecular complexity index is 793. The second-order valence-corrected chi connectivity index (χ2v) is 13.0. The van der Waals surface area contributed by atoms with Crippen LogP contribution in [-0.4, -0.2) is 72.7 Å². The third kappa shape index (κ3) is 36.0. The normalized spacial score (nSPS) is 11.2. The Balaban J connectivity index is -0.0000106. The van der Waals surface area contributed by atoms with Gasteiger partial charge in [-0.15, -0.1) is 24.8 Å². The SMILES string of the molecule is CCCCCCCCCCCCCC(=O)OCCN(CCOC(=O)CCCCCCCCCCCCC(=O)O)C(=O)[C@@H](N)CCCN.Cl.Cl. The molecule has 0 aliphatic carbocycles. The van der Waals surface area contributed by atoms with E-state index in [1.54, 1.807) is 0 Å². The van der Waals surface area contributed by atoms with Crippen molar-refractivity contribution in [2.75, 3.05) is 32.8 Å². The molecule has 0 aromatic rings. The lowest BCUT2D eigenvalue weighted by molar-refractivity contribution is -0.148. The number of nitrogens with two attached hydrogens (primary N) is 2. The molecule has 0 spiro atoms. The standard InChI is InChI=1S/C37H71N3O7.2ClH/c1-2-3-4-5-6-7-8-12-15-18-21-26-35(43)46-31-29-40(37(45)33(39)24-23-28-38)30-32-47-36(44)27-22-19-16-13-10-9-11-14-17-20-25-34(41)42;;/h33H,2-32,38-39H2,1H3,(H,41,42);2*1H/t33-;;/m0../s1. The van der Waals surface area contributed by atoms with E-state index in [9.17, 15) is 19.2 Å². The van der Waals surface area contributed by atoms with Gasteiger partial charge in [-0.25, -0.2) is 0 Å². The van der Waals surface area contributed by atoms with Crippen molar-refractivity contribution in [1.29, 1.82) is 0 Å². The van der Waals surface area contributed by atoms with Crippen LogP contribution in [0, 0.1) is 0 Å². The molecule has 0 unspecified atom stereocenters. The zero-order chi connectivity index (χ0) is 34.8. The fourth-order valence-electron chi connectivity index (χ4n) is 5.60. The van der Waals surface area contributed by atoms with Crippen LogP contribution in [0.5, 0.6) is 0 Å². The molecule has 292 valence electrons. The highest BCUT2D eigenvalue weighted by Crippen LogP contribution is 2.14. The number of hydrogen-bond donors (Lipinski definition) is 3. The number of carboxylic acids is 1. The molecule has 5 N–H and O–H groups in total. The van der Waals surface area contributed by atoms with Gasteiger partial charge in [0.05, 0.1) is 19.1 Å². The van der Waals surface area contributed by atoms with Crippen molar-refractivity contribution >= 4 is 48.6 Å². The molecular formula is C37H73Cl2N3O7. The highest BCUT2D eigenvalue weighted by Gasteiger charge is 2.21. The molecule has 0 heterocycles. The fourth-order valence-corrected chi connectivity index (χ4v) is 5.60. The summed E-state index contributed by atoms with van der Waals surface area (Å²) in [7, 11) is 0. The molecular weight excluding hydrogens is 669 g/mol. The van der Waals surface area contributed by atoms with Gasteiger partial charge in [0.1, 0.15) is 13.2 Å². The van der Waals surface area contributed by atoms with Crippen LogP contribution in [0.1, 0.15) is 174 Å². The van der Waals surface area contributed by atoms with Crippen LogP contribution in [0.3, 0.4) is 0 Å². The highest BCUT2D eigenvalue weighted by atomic mass is 35.5. The van der Waals surface area contributed by atoms with Gasteiger partial charge in [-0.1, -0.05) is 122 Å². The summed E-state index contributed by atoms with van der Waals surface area (Å²) < 4.78 is 10.8. The maximum Gasteiger partial charge on any atom is 0.305 e. The number of nitrogens with zero attached hydrogens (tertiary/aromatic N) is 1. The van der Waals surface area contributed by atoms with Crippen molar-refractivity contribution in [2.45, 2.75) is 180 Å². The predicted octanol–water partition coefficient (Wildman–Crippen LogP) is 8.28. The Morgan fingerprint density at radius 1 is 0.571 bits per heavy atom. The van der Waals surface area contributed by atoms with E-state index < -0.39 is 12.0 Å². The molecule has 0 radical (unpaired) electrons. The fraction of sp³-hybridized carbons (Fsp3) is 0.892. The number of rotatable bonds is 35. The third-order valence-corrected chi connectivity index (χ3v) is 8.60. The lowest BCUT2D eigenvalue weighted by Gasteiger charge is -2.25. The van der Waals surface area contributed by atoms with Gasteiger partial charge in [-0.05, 0) is 38.6 Å². The number of carboxylic acid groups (broad SMARTS) is 1. The van der Waals surface area contributed by atoms with Gasteiger partial charge in [0.15, 0.2) is 0 Å². The van der Waals surface area contributed by atoms with Crippen molar-refractivity contribution in [3.63, 3.8) is 0 Å². The van der Waals surface area contributed by atoms with Crippen LogP contribution < -0.4 is 11.5 Å². The number of esters is 2. The van der Waals surface area contributed by atoms with Crippen LogP contribution in [0.4, 0.5) is 0 Å². The van der Waals surface area contributed by atoms with Crippen molar-refractivity contribution in [3.8, 4) is 0 Å². The lowest BCUT2D eigenvalue weighted by Crippen LogP contribution is -2.46. The third-order valence-electron chi connectivity index (χ3n) is 8.60. The highest BCUT2D eigenvalue weighted by molar-refractivity contribution is 5.85. The molecule has 0 saturated carbocycles. The minimum atomic E-state index is -0.718. The number of ether oxygens (including phenoxy) is 2. The molecule has 1 amide bonds. The van der Waals surface area contributed by atoms with Crippen molar-refractivity contribution < 1.29 is 33.8 Å². The Morgan fingerprint density at radius 2 is 0.918 bits per heavy atom. The zero-order valence-electron chi connectivity index (χ0n) is 30.8. The molecule has 0 bridgehead atoms. The number of carbonyl (C=O) groups excluding carboxylic acids is 3. The number of unbranched alkanes of at least 4 members (excludes halogenated alkanes) is 19. The number of aliphatic carboxylic acids is 1. The first-order valence-electron chi connectivity index (χ1n) is 19.1. The molecule has 0 rings (SSSR count). The van der Waals surface area contributed by atoms with E-state index in [-0.39, 0.29) is 75.4 Å². The van der Waals surface area contributed by atoms with Gasteiger partial charge < -0.3 is 30.9 Å². The Labute approximate surface area is 310 Å². The average Bonchev–Trinajstić information content (AvgIpc) is 3.05. The monoisotopic (exact) mass is 741 g/mol. The predicted molar refractivity (Wildman–Crippen MR) is 203 cm³/mol. The Kier molecular flexibility index (Phi) is 41.4. The molecule has 0 aliphatic heterocycles. The molecule has 0 aliphatic rings. The molecule has 1 atom stereocenters. The van der Waals surface area contributed by atoms with E-state index >= 15 is 0 Å². The van der Waals surface area contributed by atoms with Gasteiger partial charge >= 0.3 is 17.9 Å². The van der Waals surface area contributed by atoms with Crippen molar-refractivity contribution in [1.82, 2.24) is 4.90 Å². The first-order valence-corrected chi connectivity index (χ1v) is 19.1. The Hall–Kier alpha value is -1.62. The summed E-state index contributed by atoms with van der Waals surface area (Å²) in [6.07, 6.45) is 25.8. The summed E-state index contributed by atoms with van der Waals surface area (Å²) in [5.74, 6) is -1.50. The summed E-state index contributed by atoms with van der Waals surface area (Å²) >= 11 is 0. The largest absolute Gasteiger partial charge is 0.481 e. The topological polar surface area (TPSA) is 162 Å². The Morgan fingerprint density at radius 3 is 1.27 bits per heavy atom. The lowest BCUT2D eigenvalue weighted by atomic mass is 10.1. The first kappa shape index (κ1) is 51.7. The minimum Gasteiger partial charge on any atom is -0.481 e. The van der Waals surface area contributed by atoms with Crippen LogP contribution in [0.15, 0.2) is 0 Å². The maximum atomic E-state index is 13.0. The average molecular weight is 743 g/mol. The molecule has 12 heteroatoms. The van der Waals surface area contributed by atoms with E-state index in [4.69, 9.17) is 26.0 Å². The molecule has 0 aromatic carbocycles. The van der Waals surface area contributed by atoms with E-state index in [0.717, 1.165) is 77.0 Å². The zero-order valence-corrected chi connectivity index (χ0v) is 32.4.